The first-order valence-corrected chi connectivity index (χ1v) is 8.27. The molecule has 6 heteroatoms. The van der Waals surface area contributed by atoms with Crippen molar-refractivity contribution in [3.05, 3.63) is 59.7 Å². The van der Waals surface area contributed by atoms with E-state index in [0.717, 1.165) is 11.1 Å². The van der Waals surface area contributed by atoms with Gasteiger partial charge in [0.25, 0.3) is 0 Å². The van der Waals surface area contributed by atoms with Gasteiger partial charge in [0.05, 0.1) is 31.8 Å². The summed E-state index contributed by atoms with van der Waals surface area (Å²) in [4.78, 5) is 0. The molecule has 6 N–H and O–H groups in total. The molecule has 0 saturated heterocycles. The van der Waals surface area contributed by atoms with Crippen LogP contribution in [-0.2, 0) is 5.41 Å². The summed E-state index contributed by atoms with van der Waals surface area (Å²) in [5.74, 6) is 0.547. The van der Waals surface area contributed by atoms with Crippen LogP contribution < -0.4 is 0 Å². The molecule has 144 valence electrons. The first kappa shape index (κ1) is 21.9. The molecule has 2 aromatic carbocycles. The highest BCUT2D eigenvalue weighted by molar-refractivity contribution is 5.41. The highest BCUT2D eigenvalue weighted by Gasteiger charge is 2.26. The van der Waals surface area contributed by atoms with Crippen molar-refractivity contribution in [1.29, 1.82) is 0 Å². The van der Waals surface area contributed by atoms with Gasteiger partial charge in [-0.05, 0) is 35.4 Å². The first-order valence-electron chi connectivity index (χ1n) is 8.27. The summed E-state index contributed by atoms with van der Waals surface area (Å²) >= 11 is 0. The van der Waals surface area contributed by atoms with E-state index in [1.807, 2.05) is 24.3 Å². The molecule has 0 saturated carbocycles. The Hall–Kier alpha value is -2.12. The van der Waals surface area contributed by atoms with Crippen LogP contribution in [0.3, 0.4) is 0 Å². The number of aromatic hydroxyl groups is 2. The van der Waals surface area contributed by atoms with Crippen molar-refractivity contribution in [2.24, 2.45) is 5.41 Å². The average molecular weight is 364 g/mol. The van der Waals surface area contributed by atoms with E-state index in [0.29, 0.717) is 0 Å². The van der Waals surface area contributed by atoms with Crippen molar-refractivity contribution < 1.29 is 30.6 Å². The third kappa shape index (κ3) is 5.44. The Morgan fingerprint density at radius 2 is 0.846 bits per heavy atom. The van der Waals surface area contributed by atoms with Crippen LogP contribution in [0, 0.1) is 5.41 Å². The van der Waals surface area contributed by atoms with Crippen molar-refractivity contribution in [2.75, 3.05) is 26.4 Å². The number of phenolic OH excluding ortho intramolecular Hbond substituents is 2. The molecular formula is C20H28O6. The van der Waals surface area contributed by atoms with Gasteiger partial charge in [-0.3, -0.25) is 0 Å². The maximum absolute atomic E-state index is 9.30. The number of aliphatic hydroxyl groups is 4. The highest BCUT2D eigenvalue weighted by atomic mass is 16.3. The molecule has 0 aliphatic rings. The topological polar surface area (TPSA) is 121 Å². The Morgan fingerprint density at radius 1 is 0.577 bits per heavy atom. The van der Waals surface area contributed by atoms with Crippen LogP contribution in [0.1, 0.15) is 25.0 Å². The van der Waals surface area contributed by atoms with Crippen LogP contribution in [0.5, 0.6) is 11.5 Å². The number of rotatable bonds is 6. The Balaban J connectivity index is 0.000000321. The predicted molar refractivity (Wildman–Crippen MR) is 99.1 cm³/mol. The molecule has 0 amide bonds. The number of benzene rings is 2. The van der Waals surface area contributed by atoms with E-state index in [2.05, 4.69) is 13.8 Å². The van der Waals surface area contributed by atoms with Crippen LogP contribution in [0.4, 0.5) is 0 Å². The molecule has 2 aromatic rings. The summed E-state index contributed by atoms with van der Waals surface area (Å²) in [5, 5.41) is 52.6. The Kier molecular flexibility index (Phi) is 8.05. The largest absolute Gasteiger partial charge is 0.508 e. The van der Waals surface area contributed by atoms with Crippen molar-refractivity contribution >= 4 is 0 Å². The zero-order valence-corrected chi connectivity index (χ0v) is 15.1. The normalized spacial score (nSPS) is 11.6. The van der Waals surface area contributed by atoms with Crippen LogP contribution >= 0.6 is 0 Å². The molecule has 0 unspecified atom stereocenters. The summed E-state index contributed by atoms with van der Waals surface area (Å²) in [6.45, 7) is 2.61. The predicted octanol–water partition coefficient (Wildman–Crippen LogP) is 1.37. The maximum Gasteiger partial charge on any atom is 0.115 e. The highest BCUT2D eigenvalue weighted by Crippen LogP contribution is 2.32. The molecule has 0 atom stereocenters. The van der Waals surface area contributed by atoms with Gasteiger partial charge >= 0.3 is 0 Å². The lowest BCUT2D eigenvalue weighted by atomic mass is 9.78. The molecule has 6 nitrogen and oxygen atoms in total. The average Bonchev–Trinajstić information content (AvgIpc) is 2.65. The quantitative estimate of drug-likeness (QED) is 0.460. The van der Waals surface area contributed by atoms with Gasteiger partial charge in [0.2, 0.25) is 0 Å². The number of hydrogen-bond acceptors (Lipinski definition) is 6. The molecule has 0 heterocycles. The van der Waals surface area contributed by atoms with E-state index in [1.165, 1.54) is 0 Å². The van der Waals surface area contributed by atoms with Crippen LogP contribution in [0.15, 0.2) is 48.5 Å². The first-order chi connectivity index (χ1) is 12.2. The van der Waals surface area contributed by atoms with Crippen molar-refractivity contribution in [1.82, 2.24) is 0 Å². The summed E-state index contributed by atoms with van der Waals surface area (Å²) < 4.78 is 0. The third-order valence-electron chi connectivity index (χ3n) is 4.52. The molecular weight excluding hydrogens is 336 g/mol. The van der Waals surface area contributed by atoms with Gasteiger partial charge < -0.3 is 30.6 Å². The SMILES string of the molecule is CC(C)(c1ccc(O)cc1)c1ccc(O)cc1.OCC(CO)(CO)CO. The second-order valence-corrected chi connectivity index (χ2v) is 6.85. The lowest BCUT2D eigenvalue weighted by Gasteiger charge is -2.26. The molecule has 2 rings (SSSR count). The fourth-order valence-electron chi connectivity index (χ4n) is 2.22. The van der Waals surface area contributed by atoms with Crippen molar-refractivity contribution in [2.45, 2.75) is 19.3 Å². The molecule has 0 aromatic heterocycles. The van der Waals surface area contributed by atoms with E-state index in [9.17, 15) is 10.2 Å². The number of phenols is 2. The number of aliphatic hydroxyl groups excluding tert-OH is 4. The number of hydrogen-bond donors (Lipinski definition) is 6. The Morgan fingerprint density at radius 3 is 1.04 bits per heavy atom. The van der Waals surface area contributed by atoms with Gasteiger partial charge in [0.15, 0.2) is 0 Å². The fraction of sp³-hybridized carbons (Fsp3) is 0.400. The molecule has 0 spiro atoms. The van der Waals surface area contributed by atoms with Crippen LogP contribution in [0.2, 0.25) is 0 Å². The van der Waals surface area contributed by atoms with E-state index in [4.69, 9.17) is 20.4 Å². The van der Waals surface area contributed by atoms with Crippen molar-refractivity contribution in [3.63, 3.8) is 0 Å². The van der Waals surface area contributed by atoms with Gasteiger partial charge in [0, 0.05) is 5.41 Å². The Labute approximate surface area is 153 Å². The zero-order valence-electron chi connectivity index (χ0n) is 15.1. The molecule has 0 aliphatic carbocycles. The van der Waals surface area contributed by atoms with E-state index >= 15 is 0 Å². The van der Waals surface area contributed by atoms with E-state index in [1.54, 1.807) is 24.3 Å². The van der Waals surface area contributed by atoms with E-state index < -0.39 is 31.8 Å². The maximum atomic E-state index is 9.30. The summed E-state index contributed by atoms with van der Waals surface area (Å²) in [6, 6.07) is 14.4. The minimum atomic E-state index is -1.11. The van der Waals surface area contributed by atoms with Crippen LogP contribution in [-0.4, -0.2) is 57.1 Å². The Bertz CT molecular complexity index is 580. The molecule has 0 aliphatic heterocycles. The van der Waals surface area contributed by atoms with E-state index in [-0.39, 0.29) is 16.9 Å². The molecule has 26 heavy (non-hydrogen) atoms. The standard InChI is InChI=1S/C15H16O2.C5H12O4/c1-15(2,11-3-7-13(16)8-4-11)12-5-9-14(17)10-6-12;6-1-5(2-7,3-8)4-9/h3-10,16-17H,1-2H3;6-9H,1-4H2. The van der Waals surface area contributed by atoms with Gasteiger partial charge in [-0.1, -0.05) is 38.1 Å². The molecule has 0 fully saturated rings. The second-order valence-electron chi connectivity index (χ2n) is 6.85. The second kappa shape index (κ2) is 9.54. The minimum absolute atomic E-state index is 0.151. The molecule has 0 radical (unpaired) electrons. The van der Waals surface area contributed by atoms with Gasteiger partial charge in [-0.25, -0.2) is 0 Å². The lowest BCUT2D eigenvalue weighted by Crippen LogP contribution is -2.37. The van der Waals surface area contributed by atoms with Gasteiger partial charge in [-0.2, -0.15) is 0 Å². The summed E-state index contributed by atoms with van der Waals surface area (Å²) in [6.07, 6.45) is 0. The lowest BCUT2D eigenvalue weighted by molar-refractivity contribution is -0.0328. The molecule has 0 bridgehead atoms. The fourth-order valence-corrected chi connectivity index (χ4v) is 2.22. The van der Waals surface area contributed by atoms with Crippen LogP contribution in [0.25, 0.3) is 0 Å². The third-order valence-corrected chi connectivity index (χ3v) is 4.52. The summed E-state index contributed by atoms with van der Waals surface area (Å²) in [7, 11) is 0. The van der Waals surface area contributed by atoms with Gasteiger partial charge in [-0.15, -0.1) is 0 Å². The smallest absolute Gasteiger partial charge is 0.115 e. The minimum Gasteiger partial charge on any atom is -0.508 e. The monoisotopic (exact) mass is 364 g/mol. The van der Waals surface area contributed by atoms with Gasteiger partial charge in [0.1, 0.15) is 11.5 Å². The summed E-state index contributed by atoms with van der Waals surface area (Å²) in [5.41, 5.74) is 0.989. The zero-order chi connectivity index (χ0) is 19.8. The van der Waals surface area contributed by atoms with Crippen molar-refractivity contribution in [3.8, 4) is 11.5 Å².